The summed E-state index contributed by atoms with van der Waals surface area (Å²) in [6, 6.07) is 11.5. The molecule has 1 spiro atoms. The standard InChI is InChI=1S/C25H26N4O6/c1-14-13-27-20-10-9-19(29(33)34)11-18(20)12-25(21(27)16(3)35-14)22(30)26-24(32)28(23(25)31)15(2)17-7-5-4-6-8-17/h4-11,14-16,21H,12-13H2,1-3H3,(H,26,30,32)/t14-,15-,16-,21-,25-/m1/s1. The molecule has 5 rings (SSSR count). The van der Waals surface area contributed by atoms with E-state index in [1.165, 1.54) is 12.1 Å². The van der Waals surface area contributed by atoms with E-state index in [9.17, 15) is 24.5 Å². The van der Waals surface area contributed by atoms with Crippen molar-refractivity contribution in [1.29, 1.82) is 0 Å². The SMILES string of the molecule is C[C@@H]1CN2c3ccc([N+](=O)[O-])cc3C[C@]3(C(=O)NC(=O)N([C@H](C)c4ccccc4)C3=O)[C@H]2[C@@H](C)O1. The van der Waals surface area contributed by atoms with Crippen LogP contribution < -0.4 is 10.2 Å². The van der Waals surface area contributed by atoms with Gasteiger partial charge in [0, 0.05) is 30.8 Å². The largest absolute Gasteiger partial charge is 0.372 e. The van der Waals surface area contributed by atoms with Gasteiger partial charge in [0.15, 0.2) is 5.41 Å². The zero-order chi connectivity index (χ0) is 25.1. The lowest BCUT2D eigenvalue weighted by molar-refractivity contribution is -0.384. The maximum absolute atomic E-state index is 14.3. The molecule has 2 fully saturated rings. The smallest absolute Gasteiger partial charge is 0.331 e. The predicted octanol–water partition coefficient (Wildman–Crippen LogP) is 2.96. The molecule has 5 atom stereocenters. The number of amides is 4. The fourth-order valence-electron chi connectivity index (χ4n) is 5.88. The molecule has 35 heavy (non-hydrogen) atoms. The van der Waals surface area contributed by atoms with E-state index in [4.69, 9.17) is 4.74 Å². The normalized spacial score (nSPS) is 28.9. The molecule has 2 saturated heterocycles. The Balaban J connectivity index is 1.67. The molecule has 2 aromatic rings. The number of morpholine rings is 1. The van der Waals surface area contributed by atoms with Crippen LogP contribution in [0.5, 0.6) is 0 Å². The Labute approximate surface area is 202 Å². The highest BCUT2D eigenvalue weighted by Crippen LogP contribution is 2.49. The number of ether oxygens (including phenoxy) is 1. The van der Waals surface area contributed by atoms with E-state index in [-0.39, 0.29) is 18.2 Å². The number of nitro benzene ring substituents is 1. The van der Waals surface area contributed by atoms with Gasteiger partial charge < -0.3 is 9.64 Å². The second kappa shape index (κ2) is 8.16. The van der Waals surface area contributed by atoms with E-state index in [2.05, 4.69) is 5.32 Å². The Morgan fingerprint density at radius 2 is 1.86 bits per heavy atom. The molecular formula is C25H26N4O6. The van der Waals surface area contributed by atoms with Gasteiger partial charge in [-0.25, -0.2) is 4.79 Å². The van der Waals surface area contributed by atoms with E-state index >= 15 is 0 Å². The quantitative estimate of drug-likeness (QED) is 0.409. The number of nitrogens with zero attached hydrogens (tertiary/aromatic N) is 3. The summed E-state index contributed by atoms with van der Waals surface area (Å²) in [4.78, 5) is 54.9. The molecule has 182 valence electrons. The lowest BCUT2D eigenvalue weighted by Gasteiger charge is -2.56. The molecule has 0 aromatic heterocycles. The first kappa shape index (κ1) is 23.0. The molecule has 2 aromatic carbocycles. The fourth-order valence-corrected chi connectivity index (χ4v) is 5.88. The van der Waals surface area contributed by atoms with Crippen molar-refractivity contribution >= 4 is 29.2 Å². The van der Waals surface area contributed by atoms with E-state index < -0.39 is 46.4 Å². The van der Waals surface area contributed by atoms with Gasteiger partial charge in [0.2, 0.25) is 11.8 Å². The van der Waals surface area contributed by atoms with Crippen molar-refractivity contribution in [3.05, 3.63) is 69.8 Å². The van der Waals surface area contributed by atoms with Crippen LogP contribution in [0.4, 0.5) is 16.2 Å². The summed E-state index contributed by atoms with van der Waals surface area (Å²) >= 11 is 0. The van der Waals surface area contributed by atoms with E-state index in [0.717, 1.165) is 16.2 Å². The van der Waals surface area contributed by atoms with Gasteiger partial charge in [0.25, 0.3) is 5.69 Å². The number of fused-ring (bicyclic) bond motifs is 4. The second-order valence-electron chi connectivity index (χ2n) is 9.49. The number of carbonyl (C=O) groups excluding carboxylic acids is 3. The van der Waals surface area contributed by atoms with Crippen molar-refractivity contribution in [2.24, 2.45) is 5.41 Å². The van der Waals surface area contributed by atoms with Crippen LogP contribution in [0.3, 0.4) is 0 Å². The van der Waals surface area contributed by atoms with Crippen LogP contribution in [0.15, 0.2) is 48.5 Å². The van der Waals surface area contributed by atoms with Crippen LogP contribution in [0.25, 0.3) is 0 Å². The predicted molar refractivity (Wildman–Crippen MR) is 126 cm³/mol. The Morgan fingerprint density at radius 1 is 1.14 bits per heavy atom. The number of rotatable bonds is 3. The molecule has 0 aliphatic carbocycles. The van der Waals surface area contributed by atoms with Gasteiger partial charge in [-0.3, -0.25) is 29.9 Å². The molecule has 10 nitrogen and oxygen atoms in total. The minimum Gasteiger partial charge on any atom is -0.372 e. The van der Waals surface area contributed by atoms with Crippen molar-refractivity contribution in [2.45, 2.75) is 51.5 Å². The van der Waals surface area contributed by atoms with E-state index in [0.29, 0.717) is 12.1 Å². The summed E-state index contributed by atoms with van der Waals surface area (Å²) in [6.07, 6.45) is -0.788. The van der Waals surface area contributed by atoms with Gasteiger partial charge >= 0.3 is 6.03 Å². The topological polar surface area (TPSA) is 122 Å². The third-order valence-corrected chi connectivity index (χ3v) is 7.35. The Kier molecular flexibility index (Phi) is 5.36. The second-order valence-corrected chi connectivity index (χ2v) is 9.49. The number of benzene rings is 2. The van der Waals surface area contributed by atoms with Gasteiger partial charge in [-0.1, -0.05) is 30.3 Å². The minimum atomic E-state index is -1.70. The van der Waals surface area contributed by atoms with Crippen LogP contribution in [-0.4, -0.2) is 52.5 Å². The molecule has 0 saturated carbocycles. The number of nitro groups is 1. The number of nitrogens with one attached hydrogen (secondary N) is 1. The molecule has 0 unspecified atom stereocenters. The van der Waals surface area contributed by atoms with Gasteiger partial charge in [0.05, 0.1) is 29.2 Å². The molecule has 3 aliphatic heterocycles. The zero-order valence-corrected chi connectivity index (χ0v) is 19.6. The first-order valence-corrected chi connectivity index (χ1v) is 11.6. The van der Waals surface area contributed by atoms with E-state index in [1.807, 2.05) is 49.1 Å². The van der Waals surface area contributed by atoms with Crippen LogP contribution in [0.1, 0.15) is 37.9 Å². The number of anilines is 1. The average molecular weight is 479 g/mol. The Morgan fingerprint density at radius 3 is 2.54 bits per heavy atom. The molecule has 4 amide bonds. The van der Waals surface area contributed by atoms with E-state index in [1.54, 1.807) is 13.0 Å². The van der Waals surface area contributed by atoms with Gasteiger partial charge in [-0.15, -0.1) is 0 Å². The maximum Gasteiger partial charge on any atom is 0.331 e. The number of urea groups is 1. The van der Waals surface area contributed by atoms with Gasteiger partial charge in [-0.2, -0.15) is 0 Å². The monoisotopic (exact) mass is 478 g/mol. The highest BCUT2D eigenvalue weighted by molar-refractivity contribution is 6.20. The summed E-state index contributed by atoms with van der Waals surface area (Å²) in [7, 11) is 0. The minimum absolute atomic E-state index is 0.0801. The molecule has 1 N–H and O–H groups in total. The van der Waals surface area contributed by atoms with Gasteiger partial charge in [-0.05, 0) is 38.0 Å². The van der Waals surface area contributed by atoms with Crippen molar-refractivity contribution in [1.82, 2.24) is 10.2 Å². The fraction of sp³-hybridized carbons (Fsp3) is 0.400. The number of carbonyl (C=O) groups is 3. The number of hydrogen-bond acceptors (Lipinski definition) is 7. The van der Waals surface area contributed by atoms with Crippen molar-refractivity contribution in [3.8, 4) is 0 Å². The number of imide groups is 2. The van der Waals surface area contributed by atoms with Crippen molar-refractivity contribution in [3.63, 3.8) is 0 Å². The molecular weight excluding hydrogens is 452 g/mol. The summed E-state index contributed by atoms with van der Waals surface area (Å²) in [5.74, 6) is -1.33. The molecule has 0 radical (unpaired) electrons. The molecule has 3 heterocycles. The lowest BCUT2D eigenvalue weighted by Crippen LogP contribution is -2.75. The summed E-state index contributed by atoms with van der Waals surface area (Å²) in [5, 5.41) is 13.9. The highest BCUT2D eigenvalue weighted by atomic mass is 16.6. The lowest BCUT2D eigenvalue weighted by atomic mass is 9.66. The summed E-state index contributed by atoms with van der Waals surface area (Å²) in [5.41, 5.74) is 0.167. The first-order valence-electron chi connectivity index (χ1n) is 11.6. The van der Waals surface area contributed by atoms with Crippen LogP contribution in [-0.2, 0) is 20.7 Å². The maximum atomic E-state index is 14.3. The number of non-ortho nitro benzene ring substituents is 1. The summed E-state index contributed by atoms with van der Waals surface area (Å²) < 4.78 is 6.08. The van der Waals surface area contributed by atoms with Crippen molar-refractivity contribution < 1.29 is 24.0 Å². The zero-order valence-electron chi connectivity index (χ0n) is 19.6. The summed E-state index contributed by atoms with van der Waals surface area (Å²) in [6.45, 7) is 5.84. The molecule has 0 bridgehead atoms. The average Bonchev–Trinajstić information content (AvgIpc) is 2.82. The number of barbiturate groups is 1. The van der Waals surface area contributed by atoms with Crippen LogP contribution in [0.2, 0.25) is 0 Å². The van der Waals surface area contributed by atoms with Crippen LogP contribution in [0, 0.1) is 15.5 Å². The number of hydrogen-bond donors (Lipinski definition) is 1. The third-order valence-electron chi connectivity index (χ3n) is 7.35. The third kappa shape index (κ3) is 3.39. The Hall–Kier alpha value is -3.79. The molecule has 3 aliphatic rings. The Bertz CT molecular complexity index is 1230. The molecule has 10 heteroatoms. The van der Waals surface area contributed by atoms with Gasteiger partial charge in [0.1, 0.15) is 0 Å². The highest BCUT2D eigenvalue weighted by Gasteiger charge is 2.65. The van der Waals surface area contributed by atoms with Crippen LogP contribution >= 0.6 is 0 Å². The first-order chi connectivity index (χ1) is 16.6. The van der Waals surface area contributed by atoms with Crippen molar-refractivity contribution in [2.75, 3.05) is 11.4 Å².